The monoisotopic (exact) mass is 279 g/mol. The van der Waals surface area contributed by atoms with Gasteiger partial charge in [0.15, 0.2) is 0 Å². The van der Waals surface area contributed by atoms with Crippen LogP contribution in [0.3, 0.4) is 0 Å². The summed E-state index contributed by atoms with van der Waals surface area (Å²) in [5.74, 6) is 0. The normalized spacial score (nSPS) is 19.5. The average Bonchev–Trinajstić information content (AvgIpc) is 2.70. The molecule has 0 saturated carbocycles. The lowest BCUT2D eigenvalue weighted by molar-refractivity contribution is 0.249. The molecule has 4 nitrogen and oxygen atoms in total. The predicted molar refractivity (Wildman–Crippen MR) is 82.8 cm³/mol. The minimum Gasteiger partial charge on any atom is -0.468 e. The number of nitrogens with zero attached hydrogens (tertiary/aromatic N) is 3. The molecule has 1 saturated heterocycles. The summed E-state index contributed by atoms with van der Waals surface area (Å²) in [4.78, 5) is 8.40. The SMILES string of the molecule is CN(C)c1ccncc1N1C(=S)OC[C@@H]1C(C)(C)C. The van der Waals surface area contributed by atoms with Gasteiger partial charge in [-0.05, 0) is 23.7 Å². The Morgan fingerprint density at radius 1 is 1.42 bits per heavy atom. The number of ether oxygens (including phenoxy) is 1. The molecule has 5 heteroatoms. The van der Waals surface area contributed by atoms with Crippen molar-refractivity contribution in [1.29, 1.82) is 0 Å². The lowest BCUT2D eigenvalue weighted by Gasteiger charge is -2.34. The summed E-state index contributed by atoms with van der Waals surface area (Å²) in [6.45, 7) is 7.24. The van der Waals surface area contributed by atoms with Crippen LogP contribution in [0.1, 0.15) is 20.8 Å². The van der Waals surface area contributed by atoms with E-state index in [-0.39, 0.29) is 11.5 Å². The standard InChI is InChI=1S/C14H21N3OS/c1-14(2,3)12-9-18-13(19)17(12)11-8-15-7-6-10(11)16(4)5/h6-8,12H,9H2,1-5H3/t12-/m1/s1. The van der Waals surface area contributed by atoms with Gasteiger partial charge in [-0.1, -0.05) is 20.8 Å². The smallest absolute Gasteiger partial charge is 0.264 e. The molecule has 0 unspecified atom stereocenters. The van der Waals surface area contributed by atoms with Crippen molar-refractivity contribution in [2.24, 2.45) is 5.41 Å². The molecule has 2 heterocycles. The molecular weight excluding hydrogens is 258 g/mol. The molecule has 0 aromatic carbocycles. The molecular formula is C14H21N3OS. The molecule has 104 valence electrons. The second-order valence-corrected chi connectivity index (χ2v) is 6.44. The van der Waals surface area contributed by atoms with E-state index >= 15 is 0 Å². The Morgan fingerprint density at radius 3 is 2.68 bits per heavy atom. The molecule has 1 fully saturated rings. The highest BCUT2D eigenvalue weighted by Gasteiger charge is 2.40. The molecule has 19 heavy (non-hydrogen) atoms. The summed E-state index contributed by atoms with van der Waals surface area (Å²) >= 11 is 5.37. The van der Waals surface area contributed by atoms with E-state index in [9.17, 15) is 0 Å². The van der Waals surface area contributed by atoms with Gasteiger partial charge >= 0.3 is 0 Å². The Labute approximate surface area is 120 Å². The molecule has 1 aliphatic heterocycles. The average molecular weight is 279 g/mol. The number of rotatable bonds is 2. The minimum atomic E-state index is 0.0833. The first kappa shape index (κ1) is 14.1. The van der Waals surface area contributed by atoms with Crippen molar-refractivity contribution < 1.29 is 4.74 Å². The lowest BCUT2D eigenvalue weighted by atomic mass is 9.86. The van der Waals surface area contributed by atoms with Crippen molar-refractivity contribution in [3.8, 4) is 0 Å². The largest absolute Gasteiger partial charge is 0.468 e. The highest BCUT2D eigenvalue weighted by atomic mass is 32.1. The Morgan fingerprint density at radius 2 is 2.11 bits per heavy atom. The van der Waals surface area contributed by atoms with Gasteiger partial charge in [0.05, 0.1) is 23.6 Å². The van der Waals surface area contributed by atoms with E-state index < -0.39 is 0 Å². The molecule has 1 aromatic rings. The fourth-order valence-corrected chi connectivity index (χ4v) is 2.56. The third kappa shape index (κ3) is 2.66. The predicted octanol–water partition coefficient (Wildman–Crippen LogP) is 2.68. The maximum atomic E-state index is 5.60. The fourth-order valence-electron chi connectivity index (χ4n) is 2.27. The second-order valence-electron chi connectivity index (χ2n) is 6.09. The molecule has 1 aliphatic rings. The topological polar surface area (TPSA) is 28.6 Å². The number of hydrogen-bond donors (Lipinski definition) is 0. The lowest BCUT2D eigenvalue weighted by Crippen LogP contribution is -2.43. The quantitative estimate of drug-likeness (QED) is 0.776. The third-order valence-electron chi connectivity index (χ3n) is 3.39. The first-order valence-corrected chi connectivity index (χ1v) is 6.80. The van der Waals surface area contributed by atoms with E-state index in [1.807, 2.05) is 26.4 Å². The Hall–Kier alpha value is -1.36. The zero-order valence-corrected chi connectivity index (χ0v) is 13.0. The highest BCUT2D eigenvalue weighted by molar-refractivity contribution is 7.80. The first-order valence-electron chi connectivity index (χ1n) is 6.39. The van der Waals surface area contributed by atoms with Crippen LogP contribution in [0.5, 0.6) is 0 Å². The maximum absolute atomic E-state index is 5.60. The Balaban J connectivity index is 2.47. The third-order valence-corrected chi connectivity index (χ3v) is 3.71. The van der Waals surface area contributed by atoms with Gasteiger partial charge in [0.1, 0.15) is 6.61 Å². The van der Waals surface area contributed by atoms with Gasteiger partial charge in [0, 0.05) is 20.3 Å². The van der Waals surface area contributed by atoms with E-state index in [4.69, 9.17) is 17.0 Å². The molecule has 0 aliphatic carbocycles. The van der Waals surface area contributed by atoms with Crippen molar-refractivity contribution >= 4 is 28.8 Å². The van der Waals surface area contributed by atoms with Gasteiger partial charge in [0.25, 0.3) is 5.17 Å². The van der Waals surface area contributed by atoms with E-state index in [0.29, 0.717) is 11.8 Å². The Kier molecular flexibility index (Phi) is 3.67. The van der Waals surface area contributed by atoms with Gasteiger partial charge in [-0.2, -0.15) is 0 Å². The van der Waals surface area contributed by atoms with Gasteiger partial charge in [-0.25, -0.2) is 0 Å². The summed E-state index contributed by atoms with van der Waals surface area (Å²) in [5.41, 5.74) is 2.19. The minimum absolute atomic E-state index is 0.0833. The van der Waals surface area contributed by atoms with Gasteiger partial charge in [-0.3, -0.25) is 9.88 Å². The van der Waals surface area contributed by atoms with Crippen LogP contribution in [-0.2, 0) is 4.74 Å². The van der Waals surface area contributed by atoms with Crippen LogP contribution in [0, 0.1) is 5.41 Å². The number of anilines is 2. The molecule has 2 rings (SSSR count). The first-order chi connectivity index (χ1) is 8.82. The zero-order chi connectivity index (χ0) is 14.2. The molecule has 1 aromatic heterocycles. The van der Waals surface area contributed by atoms with Crippen LogP contribution < -0.4 is 9.80 Å². The van der Waals surface area contributed by atoms with Gasteiger partial charge in [-0.15, -0.1) is 0 Å². The van der Waals surface area contributed by atoms with Crippen LogP contribution in [0.25, 0.3) is 0 Å². The summed E-state index contributed by atoms with van der Waals surface area (Å²) in [6.07, 6.45) is 3.65. The molecule has 0 radical (unpaired) electrons. The number of thiocarbonyl (C=S) groups is 1. The Bertz CT molecular complexity index is 482. The van der Waals surface area contributed by atoms with E-state index in [2.05, 4.69) is 35.6 Å². The van der Waals surface area contributed by atoms with Crippen molar-refractivity contribution in [2.75, 3.05) is 30.5 Å². The van der Waals surface area contributed by atoms with E-state index in [1.165, 1.54) is 0 Å². The number of aromatic nitrogens is 1. The van der Waals surface area contributed by atoms with Crippen LogP contribution in [-0.4, -0.2) is 36.9 Å². The van der Waals surface area contributed by atoms with Crippen molar-refractivity contribution in [3.05, 3.63) is 18.5 Å². The molecule has 0 amide bonds. The fraction of sp³-hybridized carbons (Fsp3) is 0.571. The van der Waals surface area contributed by atoms with Crippen molar-refractivity contribution in [2.45, 2.75) is 26.8 Å². The van der Waals surface area contributed by atoms with Gasteiger partial charge in [0.2, 0.25) is 0 Å². The second kappa shape index (κ2) is 4.96. The molecule has 0 N–H and O–H groups in total. The number of hydrogen-bond acceptors (Lipinski definition) is 4. The summed E-state index contributed by atoms with van der Waals surface area (Å²) in [6, 6.07) is 2.22. The number of pyridine rings is 1. The van der Waals surface area contributed by atoms with E-state index in [1.54, 1.807) is 6.20 Å². The van der Waals surface area contributed by atoms with Gasteiger partial charge < -0.3 is 9.64 Å². The summed E-state index contributed by atoms with van der Waals surface area (Å²) < 4.78 is 5.60. The summed E-state index contributed by atoms with van der Waals surface area (Å²) in [7, 11) is 4.04. The van der Waals surface area contributed by atoms with Crippen LogP contribution >= 0.6 is 12.2 Å². The van der Waals surface area contributed by atoms with Crippen molar-refractivity contribution in [3.63, 3.8) is 0 Å². The molecule has 0 bridgehead atoms. The molecule has 0 spiro atoms. The highest BCUT2D eigenvalue weighted by Crippen LogP contribution is 2.37. The van der Waals surface area contributed by atoms with Crippen LogP contribution in [0.4, 0.5) is 11.4 Å². The van der Waals surface area contributed by atoms with Crippen molar-refractivity contribution in [1.82, 2.24) is 4.98 Å². The van der Waals surface area contributed by atoms with E-state index in [0.717, 1.165) is 11.4 Å². The van der Waals surface area contributed by atoms with Crippen LogP contribution in [0.2, 0.25) is 0 Å². The maximum Gasteiger partial charge on any atom is 0.264 e. The molecule has 1 atom stereocenters. The zero-order valence-electron chi connectivity index (χ0n) is 12.2. The van der Waals surface area contributed by atoms with Crippen LogP contribution in [0.15, 0.2) is 18.5 Å². The summed E-state index contributed by atoms with van der Waals surface area (Å²) in [5, 5.41) is 0.538.